The maximum Gasteiger partial charge on any atom is 0.189 e. The van der Waals surface area contributed by atoms with Crippen LogP contribution in [0, 0.1) is 6.92 Å². The van der Waals surface area contributed by atoms with Gasteiger partial charge in [-0.05, 0) is 31.4 Å². The third-order valence-corrected chi connectivity index (χ3v) is 4.37. The molecule has 1 aromatic heterocycles. The molecular weight excluding hydrogens is 274 g/mol. The van der Waals surface area contributed by atoms with Crippen LogP contribution in [0.15, 0.2) is 23.2 Å². The Morgan fingerprint density at radius 3 is 2.82 bits per heavy atom. The highest BCUT2D eigenvalue weighted by molar-refractivity contribution is 5.79. The first-order valence-electron chi connectivity index (χ1n) is 8.23. The Hall–Kier alpha value is -2.04. The number of aromatic amines is 1. The van der Waals surface area contributed by atoms with E-state index in [2.05, 4.69) is 33.3 Å². The lowest BCUT2D eigenvalue weighted by Gasteiger charge is -2.16. The molecule has 22 heavy (non-hydrogen) atoms. The molecule has 3 rings (SSSR count). The molecule has 2 aromatic rings. The molecule has 118 valence electrons. The number of H-pyrrole nitrogens is 1. The van der Waals surface area contributed by atoms with E-state index >= 15 is 0 Å². The first-order chi connectivity index (χ1) is 10.7. The van der Waals surface area contributed by atoms with Crippen molar-refractivity contribution in [1.29, 1.82) is 0 Å². The summed E-state index contributed by atoms with van der Waals surface area (Å²) in [6, 6.07) is 6.61. The van der Waals surface area contributed by atoms with Crippen molar-refractivity contribution in [2.24, 2.45) is 10.7 Å². The van der Waals surface area contributed by atoms with Gasteiger partial charge in [-0.3, -0.25) is 0 Å². The fourth-order valence-electron chi connectivity index (χ4n) is 3.14. The van der Waals surface area contributed by atoms with Crippen molar-refractivity contribution in [3.05, 3.63) is 29.6 Å². The van der Waals surface area contributed by atoms with Crippen molar-refractivity contribution < 1.29 is 0 Å². The summed E-state index contributed by atoms with van der Waals surface area (Å²) in [6.07, 6.45) is 7.64. The van der Waals surface area contributed by atoms with Crippen LogP contribution in [0.25, 0.3) is 11.0 Å². The second-order valence-electron chi connectivity index (χ2n) is 6.19. The third kappa shape index (κ3) is 3.59. The number of aliphatic imine (C=N–C) groups is 1. The zero-order valence-corrected chi connectivity index (χ0v) is 13.2. The van der Waals surface area contributed by atoms with E-state index in [0.29, 0.717) is 18.5 Å². The first kappa shape index (κ1) is 14.9. The zero-order valence-electron chi connectivity index (χ0n) is 13.2. The average molecular weight is 299 g/mol. The lowest BCUT2D eigenvalue weighted by molar-refractivity contribution is 0.530. The van der Waals surface area contributed by atoms with E-state index in [1.165, 1.54) is 44.1 Å². The standard InChI is InChI=1S/C17H25N5/c1-12-7-6-10-14-16(12)22-15(21-14)11-19-17(18)20-13-8-4-2-3-5-9-13/h6-7,10,13H,2-5,8-9,11H2,1H3,(H,21,22)(H3,18,19,20). The van der Waals surface area contributed by atoms with E-state index in [1.54, 1.807) is 0 Å². The topological polar surface area (TPSA) is 79.1 Å². The Morgan fingerprint density at radius 1 is 1.32 bits per heavy atom. The largest absolute Gasteiger partial charge is 0.370 e. The van der Waals surface area contributed by atoms with E-state index in [0.717, 1.165) is 16.9 Å². The Bertz CT molecular complexity index is 650. The summed E-state index contributed by atoms with van der Waals surface area (Å²) in [5, 5.41) is 3.36. The van der Waals surface area contributed by atoms with Crippen molar-refractivity contribution in [2.45, 2.75) is 58.0 Å². The van der Waals surface area contributed by atoms with Crippen LogP contribution in [0.4, 0.5) is 0 Å². The van der Waals surface area contributed by atoms with Gasteiger partial charge in [0.1, 0.15) is 12.4 Å². The van der Waals surface area contributed by atoms with Crippen LogP contribution >= 0.6 is 0 Å². The van der Waals surface area contributed by atoms with Crippen LogP contribution in [0.3, 0.4) is 0 Å². The van der Waals surface area contributed by atoms with Crippen molar-refractivity contribution in [1.82, 2.24) is 15.3 Å². The summed E-state index contributed by atoms with van der Waals surface area (Å²) in [4.78, 5) is 12.3. The predicted molar refractivity (Wildman–Crippen MR) is 90.8 cm³/mol. The maximum atomic E-state index is 6.02. The number of aryl methyl sites for hydroxylation is 1. The van der Waals surface area contributed by atoms with Gasteiger partial charge in [0.15, 0.2) is 5.96 Å². The average Bonchev–Trinajstić information content (AvgIpc) is 2.76. The van der Waals surface area contributed by atoms with E-state index in [9.17, 15) is 0 Å². The fraction of sp³-hybridized carbons (Fsp3) is 0.529. The van der Waals surface area contributed by atoms with Gasteiger partial charge in [-0.1, -0.05) is 37.8 Å². The lowest BCUT2D eigenvalue weighted by Crippen LogP contribution is -2.39. The Morgan fingerprint density at radius 2 is 2.09 bits per heavy atom. The number of para-hydroxylation sites is 1. The highest BCUT2D eigenvalue weighted by atomic mass is 15.1. The number of nitrogens with one attached hydrogen (secondary N) is 2. The van der Waals surface area contributed by atoms with E-state index < -0.39 is 0 Å². The van der Waals surface area contributed by atoms with Gasteiger partial charge in [-0.2, -0.15) is 0 Å². The highest BCUT2D eigenvalue weighted by Crippen LogP contribution is 2.17. The van der Waals surface area contributed by atoms with Crippen molar-refractivity contribution in [3.8, 4) is 0 Å². The monoisotopic (exact) mass is 299 g/mol. The van der Waals surface area contributed by atoms with Gasteiger partial charge in [-0.25, -0.2) is 9.98 Å². The molecule has 0 spiro atoms. The van der Waals surface area contributed by atoms with Gasteiger partial charge < -0.3 is 16.0 Å². The number of hydrogen-bond donors (Lipinski definition) is 3. The number of fused-ring (bicyclic) bond motifs is 1. The van der Waals surface area contributed by atoms with Crippen molar-refractivity contribution in [2.75, 3.05) is 0 Å². The smallest absolute Gasteiger partial charge is 0.189 e. The number of rotatable bonds is 3. The van der Waals surface area contributed by atoms with Crippen LogP contribution in [0.1, 0.15) is 49.9 Å². The molecule has 1 heterocycles. The van der Waals surface area contributed by atoms with Crippen LogP contribution in [-0.2, 0) is 6.54 Å². The molecule has 0 bridgehead atoms. The van der Waals surface area contributed by atoms with Crippen molar-refractivity contribution >= 4 is 17.0 Å². The van der Waals surface area contributed by atoms with Gasteiger partial charge in [0, 0.05) is 6.04 Å². The second kappa shape index (κ2) is 6.81. The summed E-state index contributed by atoms with van der Waals surface area (Å²) in [7, 11) is 0. The molecule has 5 heteroatoms. The van der Waals surface area contributed by atoms with E-state index in [-0.39, 0.29) is 0 Å². The molecule has 0 radical (unpaired) electrons. The summed E-state index contributed by atoms with van der Waals surface area (Å²) in [5.74, 6) is 1.39. The molecule has 5 nitrogen and oxygen atoms in total. The quantitative estimate of drug-likeness (QED) is 0.463. The summed E-state index contributed by atoms with van der Waals surface area (Å²) < 4.78 is 0. The Balaban J connectivity index is 1.62. The SMILES string of the molecule is Cc1cccc2[nH]c(CN=C(N)NC3CCCCCC3)nc12. The molecule has 1 aromatic carbocycles. The molecule has 1 saturated carbocycles. The van der Waals surface area contributed by atoms with E-state index in [4.69, 9.17) is 5.73 Å². The maximum absolute atomic E-state index is 6.02. The molecule has 0 aliphatic heterocycles. The van der Waals surface area contributed by atoms with Crippen LogP contribution in [-0.4, -0.2) is 22.0 Å². The molecule has 0 amide bonds. The van der Waals surface area contributed by atoms with Crippen LogP contribution in [0.2, 0.25) is 0 Å². The highest BCUT2D eigenvalue weighted by Gasteiger charge is 2.12. The predicted octanol–water partition coefficient (Wildman–Crippen LogP) is 3.00. The van der Waals surface area contributed by atoms with Crippen molar-refractivity contribution in [3.63, 3.8) is 0 Å². The summed E-state index contributed by atoms with van der Waals surface area (Å²) in [5.41, 5.74) is 9.27. The van der Waals surface area contributed by atoms with Gasteiger partial charge in [0.25, 0.3) is 0 Å². The molecule has 0 unspecified atom stereocenters. The normalized spacial score (nSPS) is 17.6. The molecule has 4 N–H and O–H groups in total. The molecule has 1 aliphatic carbocycles. The van der Waals surface area contributed by atoms with Gasteiger partial charge in [0.05, 0.1) is 11.0 Å². The summed E-state index contributed by atoms with van der Waals surface area (Å²) in [6.45, 7) is 2.55. The van der Waals surface area contributed by atoms with Crippen LogP contribution in [0.5, 0.6) is 0 Å². The minimum atomic E-state index is 0.476. The molecule has 1 aliphatic rings. The second-order valence-corrected chi connectivity index (χ2v) is 6.19. The zero-order chi connectivity index (χ0) is 15.4. The third-order valence-electron chi connectivity index (χ3n) is 4.37. The molecule has 0 saturated heterocycles. The molecule has 0 atom stereocenters. The number of guanidine groups is 1. The van der Waals surface area contributed by atoms with Gasteiger partial charge in [0.2, 0.25) is 0 Å². The summed E-state index contributed by atoms with van der Waals surface area (Å²) >= 11 is 0. The number of benzene rings is 1. The minimum Gasteiger partial charge on any atom is -0.370 e. The van der Waals surface area contributed by atoms with Crippen LogP contribution < -0.4 is 11.1 Å². The minimum absolute atomic E-state index is 0.476. The fourth-order valence-corrected chi connectivity index (χ4v) is 3.14. The van der Waals surface area contributed by atoms with Gasteiger partial charge in [-0.15, -0.1) is 0 Å². The molecular formula is C17H25N5. The lowest BCUT2D eigenvalue weighted by atomic mass is 10.1. The van der Waals surface area contributed by atoms with Gasteiger partial charge >= 0.3 is 0 Å². The number of nitrogens with zero attached hydrogens (tertiary/aromatic N) is 2. The first-order valence-corrected chi connectivity index (χ1v) is 8.23. The Kier molecular flexibility index (Phi) is 4.61. The van der Waals surface area contributed by atoms with E-state index in [1.807, 2.05) is 12.1 Å². The number of aromatic nitrogens is 2. The number of nitrogens with two attached hydrogens (primary N) is 1. The number of hydrogen-bond acceptors (Lipinski definition) is 2. The molecule has 1 fully saturated rings. The number of imidazole rings is 1. The Labute approximate surface area is 131 Å².